The van der Waals surface area contributed by atoms with E-state index in [0.717, 1.165) is 25.7 Å². The molecule has 1 saturated carbocycles. The van der Waals surface area contributed by atoms with Crippen molar-refractivity contribution in [3.05, 3.63) is 23.8 Å². The summed E-state index contributed by atoms with van der Waals surface area (Å²) in [6.07, 6.45) is 9.17. The van der Waals surface area contributed by atoms with Crippen LogP contribution in [0.2, 0.25) is 0 Å². The minimum atomic E-state index is -0.823. The fraction of sp³-hybridized carbons (Fsp3) is 0.714. The Morgan fingerprint density at radius 1 is 1.31 bits per heavy atom. The Hall–Kier alpha value is -1.46. The van der Waals surface area contributed by atoms with Gasteiger partial charge in [0.15, 0.2) is 5.78 Å². The second kappa shape index (κ2) is 7.28. The van der Waals surface area contributed by atoms with Crippen molar-refractivity contribution in [3.63, 3.8) is 0 Å². The monoisotopic (exact) mass is 362 g/mol. The van der Waals surface area contributed by atoms with Gasteiger partial charge in [-0.1, -0.05) is 26.0 Å². The number of ketones is 1. The van der Waals surface area contributed by atoms with Crippen LogP contribution in [-0.4, -0.2) is 38.4 Å². The van der Waals surface area contributed by atoms with Gasteiger partial charge >= 0.3 is 5.97 Å². The van der Waals surface area contributed by atoms with Crippen LogP contribution in [0.4, 0.5) is 0 Å². The summed E-state index contributed by atoms with van der Waals surface area (Å²) in [5.41, 5.74) is 0.738. The number of carbonyl (C=O) groups is 2. The van der Waals surface area contributed by atoms with Crippen molar-refractivity contribution >= 4 is 11.8 Å². The summed E-state index contributed by atoms with van der Waals surface area (Å²) in [5.74, 6) is -1.04. The average molecular weight is 362 g/mol. The first-order chi connectivity index (χ1) is 12.4. The van der Waals surface area contributed by atoms with E-state index in [2.05, 4.69) is 19.9 Å². The highest BCUT2D eigenvalue weighted by Crippen LogP contribution is 2.58. The van der Waals surface area contributed by atoms with Crippen molar-refractivity contribution < 1.29 is 23.8 Å². The first-order valence-corrected chi connectivity index (χ1v) is 9.57. The lowest BCUT2D eigenvalue weighted by Crippen LogP contribution is -2.53. The van der Waals surface area contributed by atoms with E-state index in [1.807, 2.05) is 6.08 Å². The van der Waals surface area contributed by atoms with Gasteiger partial charge in [0.2, 0.25) is 0 Å². The van der Waals surface area contributed by atoms with Crippen molar-refractivity contribution in [2.45, 2.75) is 52.6 Å². The molecule has 0 bridgehead atoms. The lowest BCUT2D eigenvalue weighted by atomic mass is 9.54. The Bertz CT molecular complexity index is 632. The quantitative estimate of drug-likeness (QED) is 0.324. The number of methoxy groups -OCH3 is 1. The highest BCUT2D eigenvalue weighted by atomic mass is 16.7. The van der Waals surface area contributed by atoms with Crippen LogP contribution < -0.4 is 0 Å². The summed E-state index contributed by atoms with van der Waals surface area (Å²) < 4.78 is 16.6. The van der Waals surface area contributed by atoms with Gasteiger partial charge in [-0.15, -0.1) is 0 Å². The van der Waals surface area contributed by atoms with Gasteiger partial charge in [0, 0.05) is 12.5 Å². The van der Waals surface area contributed by atoms with E-state index in [-0.39, 0.29) is 30.7 Å². The molecule has 1 unspecified atom stereocenters. The lowest BCUT2D eigenvalue weighted by molar-refractivity contribution is -0.165. The normalized spacial score (nSPS) is 35.3. The topological polar surface area (TPSA) is 61.8 Å². The molecule has 0 heterocycles. The molecule has 0 N–H and O–H groups in total. The van der Waals surface area contributed by atoms with Crippen molar-refractivity contribution in [1.29, 1.82) is 0 Å². The summed E-state index contributed by atoms with van der Waals surface area (Å²) in [6, 6.07) is 0. The maximum Gasteiger partial charge on any atom is 0.317 e. The SMILES string of the molecule is CCOC(=O)C1C(=O)C=C[C@]12CC[C@H]1C(=CCCC1(C)C)[C@@H]2OCOC. The second-order valence-electron chi connectivity index (χ2n) is 8.31. The number of allylic oxidation sites excluding steroid dienone is 2. The number of esters is 1. The second-order valence-corrected chi connectivity index (χ2v) is 8.31. The van der Waals surface area contributed by atoms with E-state index in [1.54, 1.807) is 20.1 Å². The Morgan fingerprint density at radius 2 is 2.08 bits per heavy atom. The smallest absolute Gasteiger partial charge is 0.317 e. The zero-order valence-corrected chi connectivity index (χ0v) is 16.2. The third-order valence-electron chi connectivity index (χ3n) is 6.43. The van der Waals surface area contributed by atoms with Crippen LogP contribution in [0.1, 0.15) is 46.5 Å². The van der Waals surface area contributed by atoms with Gasteiger partial charge in [0.25, 0.3) is 0 Å². The Kier molecular flexibility index (Phi) is 5.40. The van der Waals surface area contributed by atoms with Crippen LogP contribution in [0.25, 0.3) is 0 Å². The number of hydrogen-bond acceptors (Lipinski definition) is 5. The molecule has 0 aromatic heterocycles. The zero-order valence-electron chi connectivity index (χ0n) is 16.2. The fourth-order valence-corrected chi connectivity index (χ4v) is 5.17. The molecule has 144 valence electrons. The predicted octanol–water partition coefficient (Wildman–Crippen LogP) is 3.44. The summed E-state index contributed by atoms with van der Waals surface area (Å²) in [5, 5.41) is 0. The molecule has 4 atom stereocenters. The molecule has 0 aromatic carbocycles. The van der Waals surface area contributed by atoms with Gasteiger partial charge in [-0.05, 0) is 55.6 Å². The van der Waals surface area contributed by atoms with Crippen molar-refractivity contribution in [1.82, 2.24) is 0 Å². The molecule has 0 saturated heterocycles. The molecular formula is C21H30O5. The van der Waals surface area contributed by atoms with E-state index in [9.17, 15) is 9.59 Å². The Morgan fingerprint density at radius 3 is 2.77 bits per heavy atom. The summed E-state index contributed by atoms with van der Waals surface area (Å²) in [4.78, 5) is 25.2. The van der Waals surface area contributed by atoms with Crippen LogP contribution in [0.15, 0.2) is 23.8 Å². The average Bonchev–Trinajstić information content (AvgIpc) is 2.91. The fourth-order valence-electron chi connectivity index (χ4n) is 5.17. The summed E-state index contributed by atoms with van der Waals surface area (Å²) >= 11 is 0. The molecule has 3 aliphatic carbocycles. The van der Waals surface area contributed by atoms with Gasteiger partial charge in [-0.3, -0.25) is 9.59 Å². The number of ether oxygens (including phenoxy) is 3. The van der Waals surface area contributed by atoms with Gasteiger partial charge in [0.1, 0.15) is 12.7 Å². The number of rotatable bonds is 5. The Labute approximate surface area is 155 Å². The van der Waals surface area contributed by atoms with Crippen molar-refractivity contribution in [3.8, 4) is 0 Å². The van der Waals surface area contributed by atoms with E-state index >= 15 is 0 Å². The third kappa shape index (κ3) is 3.05. The minimum Gasteiger partial charge on any atom is -0.465 e. The molecule has 0 radical (unpaired) electrons. The van der Waals surface area contributed by atoms with Crippen LogP contribution in [-0.2, 0) is 23.8 Å². The summed E-state index contributed by atoms with van der Waals surface area (Å²) in [7, 11) is 1.59. The van der Waals surface area contributed by atoms with Crippen LogP contribution >= 0.6 is 0 Å². The molecular weight excluding hydrogens is 332 g/mol. The molecule has 5 heteroatoms. The highest BCUT2D eigenvalue weighted by molar-refractivity contribution is 6.08. The van der Waals surface area contributed by atoms with Crippen LogP contribution in [0, 0.1) is 22.7 Å². The molecule has 5 nitrogen and oxygen atoms in total. The number of fused-ring (bicyclic) bond motifs is 1. The molecule has 1 spiro atoms. The largest absolute Gasteiger partial charge is 0.465 e. The maximum atomic E-state index is 12.6. The van der Waals surface area contributed by atoms with E-state index < -0.39 is 17.3 Å². The van der Waals surface area contributed by atoms with E-state index in [1.165, 1.54) is 5.57 Å². The molecule has 1 fully saturated rings. The minimum absolute atomic E-state index is 0.133. The molecule has 3 rings (SSSR count). The number of hydrogen-bond donors (Lipinski definition) is 0. The van der Waals surface area contributed by atoms with Crippen LogP contribution in [0.5, 0.6) is 0 Å². The van der Waals surface area contributed by atoms with Crippen molar-refractivity contribution in [2.24, 2.45) is 22.7 Å². The Balaban J connectivity index is 2.02. The molecule has 3 aliphatic rings. The third-order valence-corrected chi connectivity index (χ3v) is 6.43. The van der Waals surface area contributed by atoms with Gasteiger partial charge in [-0.25, -0.2) is 0 Å². The number of carbonyl (C=O) groups excluding carboxylic acids is 2. The van der Waals surface area contributed by atoms with Crippen LogP contribution in [0.3, 0.4) is 0 Å². The first kappa shape index (κ1) is 19.3. The van der Waals surface area contributed by atoms with Gasteiger partial charge in [-0.2, -0.15) is 0 Å². The van der Waals surface area contributed by atoms with E-state index in [0.29, 0.717) is 5.92 Å². The molecule has 26 heavy (non-hydrogen) atoms. The molecule has 0 aromatic rings. The highest BCUT2D eigenvalue weighted by Gasteiger charge is 2.59. The first-order valence-electron chi connectivity index (χ1n) is 9.57. The predicted molar refractivity (Wildman–Crippen MR) is 97.3 cm³/mol. The van der Waals surface area contributed by atoms with Gasteiger partial charge < -0.3 is 14.2 Å². The molecule has 0 aliphatic heterocycles. The standard InChI is InChI=1S/C21H30O5/c1-5-25-19(23)17-16(22)9-12-21(17)11-8-15-14(18(21)26-13-24-4)7-6-10-20(15,2)3/h7,9,12,15,17-18H,5-6,8,10-11,13H2,1-4H3/t15-,17?,18-,21+/m0/s1. The van der Waals surface area contributed by atoms with E-state index in [4.69, 9.17) is 14.2 Å². The lowest BCUT2D eigenvalue weighted by Gasteiger charge is -2.52. The maximum absolute atomic E-state index is 12.6. The summed E-state index contributed by atoms with van der Waals surface area (Å²) in [6.45, 7) is 6.76. The van der Waals surface area contributed by atoms with Gasteiger partial charge in [0.05, 0.1) is 12.7 Å². The molecule has 0 amide bonds. The van der Waals surface area contributed by atoms with Crippen molar-refractivity contribution in [2.75, 3.05) is 20.5 Å². The zero-order chi connectivity index (χ0) is 18.9.